The number of ether oxygens (including phenoxy) is 2. The van der Waals surface area contributed by atoms with Gasteiger partial charge in [-0.2, -0.15) is 5.10 Å². The molecule has 0 aliphatic heterocycles. The fraction of sp³-hybridized carbons (Fsp3) is 0.333. The largest absolute Gasteiger partial charge is 0.496 e. The van der Waals surface area contributed by atoms with Crippen LogP contribution in [0.5, 0.6) is 11.6 Å². The first-order valence-corrected chi connectivity index (χ1v) is 10.4. The molecule has 0 aliphatic carbocycles. The monoisotopic (exact) mass is 432 g/mol. The van der Waals surface area contributed by atoms with Gasteiger partial charge >= 0.3 is 0 Å². The van der Waals surface area contributed by atoms with Gasteiger partial charge in [-0.05, 0) is 36.1 Å². The van der Waals surface area contributed by atoms with Crippen LogP contribution >= 0.6 is 0 Å². The second-order valence-electron chi connectivity index (χ2n) is 8.71. The van der Waals surface area contributed by atoms with E-state index < -0.39 is 0 Å². The zero-order valence-electron chi connectivity index (χ0n) is 19.3. The number of nitrogens with one attached hydrogen (secondary N) is 1. The van der Waals surface area contributed by atoms with E-state index in [0.717, 1.165) is 28.5 Å². The van der Waals surface area contributed by atoms with Gasteiger partial charge in [0, 0.05) is 18.2 Å². The molecule has 0 fully saturated rings. The molecule has 0 saturated carbocycles. The molecule has 3 aromatic heterocycles. The molecule has 8 heteroatoms. The smallest absolute Gasteiger partial charge is 0.238 e. The van der Waals surface area contributed by atoms with E-state index >= 15 is 0 Å². The maximum atomic E-state index is 5.57. The van der Waals surface area contributed by atoms with Gasteiger partial charge in [-0.1, -0.05) is 32.9 Å². The minimum absolute atomic E-state index is 0.0452. The Morgan fingerprint density at radius 2 is 1.84 bits per heavy atom. The minimum Gasteiger partial charge on any atom is -0.496 e. The Morgan fingerprint density at radius 3 is 2.50 bits per heavy atom. The second-order valence-corrected chi connectivity index (χ2v) is 8.71. The second kappa shape index (κ2) is 8.45. The lowest BCUT2D eigenvalue weighted by molar-refractivity contribution is 0.396. The molecule has 0 spiro atoms. The number of H-pyrrole nitrogens is 1. The van der Waals surface area contributed by atoms with Gasteiger partial charge in [-0.15, -0.1) is 0 Å². The quantitative estimate of drug-likeness (QED) is 0.489. The number of hydrogen-bond acceptors (Lipinski definition) is 6. The molecule has 0 radical (unpaired) electrons. The van der Waals surface area contributed by atoms with Crippen LogP contribution in [0.2, 0.25) is 0 Å². The fourth-order valence-electron chi connectivity index (χ4n) is 3.51. The topological polar surface area (TPSA) is 90.7 Å². The third-order valence-corrected chi connectivity index (χ3v) is 5.29. The Labute approximate surface area is 187 Å². The number of aromatic nitrogens is 6. The summed E-state index contributed by atoms with van der Waals surface area (Å²) in [4.78, 5) is 13.5. The SMILES string of the molecule is COc1ccc(C(C)(C)C)cc1Cc1nc(-c2ccc(-n3cnc(C)c3)c(OC)n2)n[nH]1. The molecule has 0 saturated heterocycles. The van der Waals surface area contributed by atoms with Crippen molar-refractivity contribution in [3.63, 3.8) is 0 Å². The summed E-state index contributed by atoms with van der Waals surface area (Å²) in [6, 6.07) is 10.1. The number of nitrogens with zero attached hydrogens (tertiary/aromatic N) is 5. The van der Waals surface area contributed by atoms with E-state index in [2.05, 4.69) is 58.1 Å². The maximum Gasteiger partial charge on any atom is 0.238 e. The van der Waals surface area contributed by atoms with E-state index in [1.165, 1.54) is 5.56 Å². The van der Waals surface area contributed by atoms with Crippen molar-refractivity contribution in [2.75, 3.05) is 14.2 Å². The molecule has 3 heterocycles. The average Bonchev–Trinajstić information content (AvgIpc) is 3.41. The molecule has 32 heavy (non-hydrogen) atoms. The van der Waals surface area contributed by atoms with E-state index in [-0.39, 0.29) is 5.41 Å². The van der Waals surface area contributed by atoms with Crippen LogP contribution in [0.3, 0.4) is 0 Å². The molecular weight excluding hydrogens is 404 g/mol. The highest BCUT2D eigenvalue weighted by Crippen LogP contribution is 2.29. The van der Waals surface area contributed by atoms with Crippen LogP contribution in [0, 0.1) is 6.92 Å². The number of imidazole rings is 1. The molecule has 0 amide bonds. The highest BCUT2D eigenvalue weighted by Gasteiger charge is 2.18. The van der Waals surface area contributed by atoms with Gasteiger partial charge in [-0.3, -0.25) is 5.10 Å². The number of aromatic amines is 1. The summed E-state index contributed by atoms with van der Waals surface area (Å²) in [7, 11) is 3.28. The number of methoxy groups -OCH3 is 2. The third-order valence-electron chi connectivity index (χ3n) is 5.29. The summed E-state index contributed by atoms with van der Waals surface area (Å²) in [5, 5.41) is 7.41. The van der Waals surface area contributed by atoms with E-state index in [0.29, 0.717) is 23.8 Å². The standard InChI is InChI=1S/C24H28N6O2/c1-15-13-30(14-25-15)19-9-8-18(26-23(19)32-6)22-27-21(28-29-22)12-16-11-17(24(2,3)4)7-10-20(16)31-5/h7-11,13-14H,12H2,1-6H3,(H,27,28,29). The molecule has 1 N–H and O–H groups in total. The Hall–Kier alpha value is -3.68. The van der Waals surface area contributed by atoms with Gasteiger partial charge in [-0.25, -0.2) is 15.0 Å². The average molecular weight is 433 g/mol. The molecule has 0 bridgehead atoms. The number of rotatable bonds is 6. The predicted molar refractivity (Wildman–Crippen MR) is 123 cm³/mol. The minimum atomic E-state index is 0.0452. The number of benzene rings is 1. The first kappa shape index (κ1) is 21.5. The van der Waals surface area contributed by atoms with Gasteiger partial charge < -0.3 is 14.0 Å². The van der Waals surface area contributed by atoms with E-state index in [9.17, 15) is 0 Å². The van der Waals surface area contributed by atoms with E-state index in [1.54, 1.807) is 20.5 Å². The number of hydrogen-bond donors (Lipinski definition) is 1. The van der Waals surface area contributed by atoms with Crippen LogP contribution in [-0.2, 0) is 11.8 Å². The third kappa shape index (κ3) is 4.34. The molecule has 0 aliphatic rings. The van der Waals surface area contributed by atoms with Gasteiger partial charge in [0.1, 0.15) is 23.0 Å². The zero-order chi connectivity index (χ0) is 22.9. The molecule has 0 atom stereocenters. The molecule has 8 nitrogen and oxygen atoms in total. The highest BCUT2D eigenvalue weighted by molar-refractivity contribution is 5.55. The van der Waals surface area contributed by atoms with E-state index in [1.807, 2.05) is 35.9 Å². The highest BCUT2D eigenvalue weighted by atomic mass is 16.5. The van der Waals surface area contributed by atoms with Gasteiger partial charge in [0.05, 0.1) is 26.2 Å². The van der Waals surface area contributed by atoms with Crippen LogP contribution < -0.4 is 9.47 Å². The van der Waals surface area contributed by atoms with Crippen molar-refractivity contribution in [3.05, 3.63) is 65.5 Å². The molecule has 0 unspecified atom stereocenters. The van der Waals surface area contributed by atoms with Gasteiger partial charge in [0.15, 0.2) is 5.82 Å². The van der Waals surface area contributed by atoms with Crippen molar-refractivity contribution in [1.82, 2.24) is 29.7 Å². The van der Waals surface area contributed by atoms with E-state index in [4.69, 9.17) is 9.47 Å². The lowest BCUT2D eigenvalue weighted by Gasteiger charge is -2.21. The van der Waals surface area contributed by atoms with Crippen molar-refractivity contribution < 1.29 is 9.47 Å². The van der Waals surface area contributed by atoms with Crippen LogP contribution in [0.1, 0.15) is 43.4 Å². The first-order valence-electron chi connectivity index (χ1n) is 10.4. The van der Waals surface area contributed by atoms with Crippen molar-refractivity contribution in [1.29, 1.82) is 0 Å². The summed E-state index contributed by atoms with van der Waals surface area (Å²) in [6.07, 6.45) is 4.23. The Kier molecular flexibility index (Phi) is 5.69. The predicted octanol–water partition coefficient (Wildman–Crippen LogP) is 4.27. The van der Waals surface area contributed by atoms with Crippen LogP contribution in [0.25, 0.3) is 17.2 Å². The van der Waals surface area contributed by atoms with Gasteiger partial charge in [0.2, 0.25) is 5.88 Å². The molecule has 166 valence electrons. The summed E-state index contributed by atoms with van der Waals surface area (Å²) >= 11 is 0. The van der Waals surface area contributed by atoms with Crippen LogP contribution in [0.4, 0.5) is 0 Å². The zero-order valence-corrected chi connectivity index (χ0v) is 19.3. The summed E-state index contributed by atoms with van der Waals surface area (Å²) in [5.74, 6) is 2.55. The van der Waals surface area contributed by atoms with Crippen molar-refractivity contribution >= 4 is 0 Å². The molecule has 4 aromatic rings. The summed E-state index contributed by atoms with van der Waals surface area (Å²) < 4.78 is 13.0. The molecule has 1 aromatic carbocycles. The maximum absolute atomic E-state index is 5.57. The van der Waals surface area contributed by atoms with Crippen molar-refractivity contribution in [2.24, 2.45) is 0 Å². The lowest BCUT2D eigenvalue weighted by atomic mass is 9.85. The Bertz CT molecular complexity index is 1240. The van der Waals surface area contributed by atoms with Crippen molar-refractivity contribution in [3.8, 4) is 28.8 Å². The Morgan fingerprint density at radius 1 is 1.03 bits per heavy atom. The normalized spacial score (nSPS) is 11.6. The first-order chi connectivity index (χ1) is 15.3. The summed E-state index contributed by atoms with van der Waals surface area (Å²) in [6.45, 7) is 8.52. The molecular formula is C24H28N6O2. The summed E-state index contributed by atoms with van der Waals surface area (Å²) in [5.41, 5.74) is 4.69. The molecule has 4 rings (SSSR count). The van der Waals surface area contributed by atoms with Crippen LogP contribution in [-0.4, -0.2) is 43.9 Å². The number of aryl methyl sites for hydroxylation is 1. The lowest BCUT2D eigenvalue weighted by Crippen LogP contribution is -2.12. The fourth-order valence-corrected chi connectivity index (χ4v) is 3.51. The Balaban J connectivity index is 1.62. The van der Waals surface area contributed by atoms with Gasteiger partial charge in [0.25, 0.3) is 0 Å². The van der Waals surface area contributed by atoms with Crippen molar-refractivity contribution in [2.45, 2.75) is 39.5 Å². The van der Waals surface area contributed by atoms with Crippen LogP contribution in [0.15, 0.2) is 42.9 Å². The number of pyridine rings is 1.